The molecule has 0 nitrogen and oxygen atoms in total. The highest BCUT2D eigenvalue weighted by atomic mass is 14.1. The van der Waals surface area contributed by atoms with E-state index in [1.165, 1.54) is 51.4 Å². The zero-order valence-electron chi connectivity index (χ0n) is 9.97. The maximum absolute atomic E-state index is 2.40. The van der Waals surface area contributed by atoms with Crippen LogP contribution in [0.1, 0.15) is 65.2 Å². The Balaban J connectivity index is 2.30. The van der Waals surface area contributed by atoms with Crippen LogP contribution >= 0.6 is 0 Å². The van der Waals surface area contributed by atoms with Crippen molar-refractivity contribution in [2.75, 3.05) is 0 Å². The molecule has 0 aromatic carbocycles. The molecular formula is C14H26. The Morgan fingerprint density at radius 2 is 1.50 bits per heavy atom. The van der Waals surface area contributed by atoms with Gasteiger partial charge in [-0.1, -0.05) is 58.1 Å². The van der Waals surface area contributed by atoms with Gasteiger partial charge in [0, 0.05) is 0 Å². The Bertz CT molecular complexity index is 157. The average Bonchev–Trinajstić information content (AvgIpc) is 2.14. The largest absolute Gasteiger partial charge is 0.0885 e. The first kappa shape index (κ1) is 11.8. The van der Waals surface area contributed by atoms with Gasteiger partial charge < -0.3 is 0 Å². The molecule has 0 saturated heterocycles. The smallest absolute Gasteiger partial charge is 0.0325 e. The van der Waals surface area contributed by atoms with Crippen molar-refractivity contribution >= 4 is 0 Å². The highest BCUT2D eigenvalue weighted by Crippen LogP contribution is 2.20. The molecular weight excluding hydrogens is 168 g/mol. The van der Waals surface area contributed by atoms with E-state index in [4.69, 9.17) is 0 Å². The third-order valence-electron chi connectivity index (χ3n) is 3.43. The van der Waals surface area contributed by atoms with Crippen molar-refractivity contribution in [2.24, 2.45) is 11.8 Å². The lowest BCUT2D eigenvalue weighted by Crippen LogP contribution is -1.97. The molecule has 0 amide bonds. The zero-order valence-corrected chi connectivity index (χ0v) is 9.97. The number of allylic oxidation sites excluding steroid dienone is 2. The molecule has 2 unspecified atom stereocenters. The van der Waals surface area contributed by atoms with Crippen molar-refractivity contribution in [1.82, 2.24) is 0 Å². The normalized spacial score (nSPS) is 31.9. The lowest BCUT2D eigenvalue weighted by Gasteiger charge is -2.12. The molecule has 14 heavy (non-hydrogen) atoms. The van der Waals surface area contributed by atoms with Crippen LogP contribution in [0.5, 0.6) is 0 Å². The summed E-state index contributed by atoms with van der Waals surface area (Å²) in [4.78, 5) is 0. The maximum atomic E-state index is 2.40. The fourth-order valence-electron chi connectivity index (χ4n) is 2.25. The van der Waals surface area contributed by atoms with Gasteiger partial charge in [0.05, 0.1) is 0 Å². The van der Waals surface area contributed by atoms with Crippen LogP contribution in [0.2, 0.25) is 0 Å². The Kier molecular flexibility index (Phi) is 5.98. The van der Waals surface area contributed by atoms with Crippen LogP contribution in [0.4, 0.5) is 0 Å². The minimum absolute atomic E-state index is 0.906. The Morgan fingerprint density at radius 3 is 2.29 bits per heavy atom. The second kappa shape index (κ2) is 7.09. The van der Waals surface area contributed by atoms with Crippen LogP contribution in [0.15, 0.2) is 12.2 Å². The maximum Gasteiger partial charge on any atom is -0.0325 e. The fraction of sp³-hybridized carbons (Fsp3) is 0.857. The van der Waals surface area contributed by atoms with E-state index in [1.807, 2.05) is 0 Å². The van der Waals surface area contributed by atoms with E-state index in [-0.39, 0.29) is 0 Å². The van der Waals surface area contributed by atoms with Gasteiger partial charge in [0.25, 0.3) is 0 Å². The Morgan fingerprint density at radius 1 is 0.786 bits per heavy atom. The number of rotatable bonds is 0. The molecule has 1 rings (SSSR count). The molecule has 0 aliphatic heterocycles. The molecule has 0 spiro atoms. The second-order valence-corrected chi connectivity index (χ2v) is 5.13. The molecule has 0 heteroatoms. The Labute approximate surface area is 89.8 Å². The lowest BCUT2D eigenvalue weighted by atomic mass is 9.94. The van der Waals surface area contributed by atoms with E-state index in [2.05, 4.69) is 26.0 Å². The van der Waals surface area contributed by atoms with Crippen LogP contribution in [-0.4, -0.2) is 0 Å². The molecule has 1 aliphatic rings. The minimum atomic E-state index is 0.906. The number of hydrogen-bond acceptors (Lipinski definition) is 0. The predicted molar refractivity (Wildman–Crippen MR) is 64.4 cm³/mol. The summed E-state index contributed by atoms with van der Waals surface area (Å²) in [5.74, 6) is 1.85. The van der Waals surface area contributed by atoms with E-state index in [9.17, 15) is 0 Å². The first-order valence-corrected chi connectivity index (χ1v) is 6.44. The van der Waals surface area contributed by atoms with Gasteiger partial charge in [0.2, 0.25) is 0 Å². The van der Waals surface area contributed by atoms with Crippen molar-refractivity contribution in [3.63, 3.8) is 0 Å². The van der Waals surface area contributed by atoms with Gasteiger partial charge in [-0.15, -0.1) is 0 Å². The predicted octanol–water partition coefficient (Wildman–Crippen LogP) is 4.95. The number of hydrogen-bond donors (Lipinski definition) is 0. The highest BCUT2D eigenvalue weighted by molar-refractivity contribution is 4.84. The zero-order chi connectivity index (χ0) is 10.2. The quantitative estimate of drug-likeness (QED) is 0.479. The van der Waals surface area contributed by atoms with Gasteiger partial charge in [-0.25, -0.2) is 0 Å². The Hall–Kier alpha value is -0.260. The summed E-state index contributed by atoms with van der Waals surface area (Å²) in [5.41, 5.74) is 0. The third kappa shape index (κ3) is 5.47. The summed E-state index contributed by atoms with van der Waals surface area (Å²) in [6.45, 7) is 4.79. The van der Waals surface area contributed by atoms with Crippen molar-refractivity contribution in [1.29, 1.82) is 0 Å². The molecule has 1 aliphatic carbocycles. The van der Waals surface area contributed by atoms with E-state index >= 15 is 0 Å². The van der Waals surface area contributed by atoms with E-state index in [1.54, 1.807) is 0 Å². The van der Waals surface area contributed by atoms with Crippen LogP contribution in [0.3, 0.4) is 0 Å². The average molecular weight is 194 g/mol. The van der Waals surface area contributed by atoms with Crippen molar-refractivity contribution in [2.45, 2.75) is 65.2 Å². The van der Waals surface area contributed by atoms with Crippen LogP contribution in [0, 0.1) is 11.8 Å². The van der Waals surface area contributed by atoms with Gasteiger partial charge in [-0.3, -0.25) is 0 Å². The first-order chi connectivity index (χ1) is 6.79. The molecule has 82 valence electrons. The van der Waals surface area contributed by atoms with Crippen LogP contribution in [0.25, 0.3) is 0 Å². The van der Waals surface area contributed by atoms with Crippen molar-refractivity contribution in [3.8, 4) is 0 Å². The molecule has 0 aromatic rings. The van der Waals surface area contributed by atoms with E-state index in [0.29, 0.717) is 0 Å². The minimum Gasteiger partial charge on any atom is -0.0885 e. The second-order valence-electron chi connectivity index (χ2n) is 5.13. The highest BCUT2D eigenvalue weighted by Gasteiger charge is 2.04. The molecule has 2 atom stereocenters. The summed E-state index contributed by atoms with van der Waals surface area (Å²) >= 11 is 0. The van der Waals surface area contributed by atoms with Crippen LogP contribution in [-0.2, 0) is 0 Å². The molecule has 0 bridgehead atoms. The van der Waals surface area contributed by atoms with Gasteiger partial charge in [0.15, 0.2) is 0 Å². The topological polar surface area (TPSA) is 0 Å². The molecule has 0 heterocycles. The molecule has 0 saturated carbocycles. The van der Waals surface area contributed by atoms with Gasteiger partial charge in [0.1, 0.15) is 0 Å². The third-order valence-corrected chi connectivity index (χ3v) is 3.43. The van der Waals surface area contributed by atoms with Crippen molar-refractivity contribution in [3.05, 3.63) is 12.2 Å². The molecule has 0 N–H and O–H groups in total. The van der Waals surface area contributed by atoms with Gasteiger partial charge >= 0.3 is 0 Å². The summed E-state index contributed by atoms with van der Waals surface area (Å²) in [7, 11) is 0. The summed E-state index contributed by atoms with van der Waals surface area (Å²) in [5, 5.41) is 0. The lowest BCUT2D eigenvalue weighted by molar-refractivity contribution is 0.436. The SMILES string of the molecule is CC1CC=CCCC(C)CCCCC1. The van der Waals surface area contributed by atoms with Crippen molar-refractivity contribution < 1.29 is 0 Å². The summed E-state index contributed by atoms with van der Waals surface area (Å²) in [6.07, 6.45) is 16.0. The molecule has 0 aromatic heterocycles. The molecule has 0 radical (unpaired) electrons. The van der Waals surface area contributed by atoms with Gasteiger partial charge in [-0.05, 0) is 31.1 Å². The van der Waals surface area contributed by atoms with E-state index in [0.717, 1.165) is 11.8 Å². The standard InChI is InChI=1S/C14H26/c1-13-9-5-3-7-11-14(2)12-8-4-6-10-13/h3,5,13-14H,4,6-12H2,1-2H3. The first-order valence-electron chi connectivity index (χ1n) is 6.44. The monoisotopic (exact) mass is 194 g/mol. The summed E-state index contributed by atoms with van der Waals surface area (Å²) < 4.78 is 0. The van der Waals surface area contributed by atoms with E-state index < -0.39 is 0 Å². The van der Waals surface area contributed by atoms with Gasteiger partial charge in [-0.2, -0.15) is 0 Å². The summed E-state index contributed by atoms with van der Waals surface area (Å²) in [6, 6.07) is 0. The fourth-order valence-corrected chi connectivity index (χ4v) is 2.25. The molecule has 0 fully saturated rings. The van der Waals surface area contributed by atoms with Crippen LogP contribution < -0.4 is 0 Å².